The van der Waals surface area contributed by atoms with Gasteiger partial charge in [-0.25, -0.2) is 0 Å². The zero-order valence-corrected chi connectivity index (χ0v) is 12.4. The summed E-state index contributed by atoms with van der Waals surface area (Å²) >= 11 is 7.08. The summed E-state index contributed by atoms with van der Waals surface area (Å²) in [6.07, 6.45) is 1.70. The van der Waals surface area contributed by atoms with Gasteiger partial charge in [0.2, 0.25) is 0 Å². The lowest BCUT2D eigenvalue weighted by Crippen LogP contribution is -2.17. The van der Waals surface area contributed by atoms with Crippen LogP contribution >= 0.6 is 23.4 Å². The molecule has 2 amide bonds. The first-order valence-electron chi connectivity index (χ1n) is 6.23. The molecular formula is C16H10ClNO2S. The molecule has 0 unspecified atom stereocenters. The summed E-state index contributed by atoms with van der Waals surface area (Å²) in [7, 11) is 0. The summed E-state index contributed by atoms with van der Waals surface area (Å²) in [5, 5.41) is 2.59. The molecule has 1 N–H and O–H groups in total. The van der Waals surface area contributed by atoms with Crippen molar-refractivity contribution in [3.05, 3.63) is 64.0 Å². The van der Waals surface area contributed by atoms with E-state index in [1.54, 1.807) is 6.08 Å². The summed E-state index contributed by atoms with van der Waals surface area (Å²) in [6, 6.07) is 15.3. The third-order valence-corrected chi connectivity index (χ3v) is 4.18. The van der Waals surface area contributed by atoms with Crippen molar-refractivity contribution in [2.24, 2.45) is 0 Å². The molecule has 3 nitrogen and oxygen atoms in total. The molecule has 0 aliphatic carbocycles. The van der Waals surface area contributed by atoms with E-state index in [9.17, 15) is 9.59 Å². The standard InChI is InChI=1S/C16H10ClNO2S/c17-13-4-2-1-3-12(13)11-7-5-10(6-8-11)9-14-15(19)18-16(20)21-14/h1-9H,(H,18,19,20)/b14-9-. The molecule has 0 radical (unpaired) electrons. The van der Waals surface area contributed by atoms with Crippen LogP contribution < -0.4 is 5.32 Å². The van der Waals surface area contributed by atoms with Crippen LogP contribution in [0.2, 0.25) is 5.02 Å². The van der Waals surface area contributed by atoms with E-state index < -0.39 is 0 Å². The van der Waals surface area contributed by atoms with Gasteiger partial charge in [-0.3, -0.25) is 14.9 Å². The number of halogens is 1. The molecule has 1 aliphatic heterocycles. The van der Waals surface area contributed by atoms with Crippen molar-refractivity contribution in [1.82, 2.24) is 5.32 Å². The van der Waals surface area contributed by atoms with E-state index >= 15 is 0 Å². The van der Waals surface area contributed by atoms with E-state index in [0.29, 0.717) is 9.93 Å². The van der Waals surface area contributed by atoms with E-state index in [1.165, 1.54) is 0 Å². The van der Waals surface area contributed by atoms with Gasteiger partial charge < -0.3 is 0 Å². The topological polar surface area (TPSA) is 46.2 Å². The van der Waals surface area contributed by atoms with Crippen molar-refractivity contribution in [3.63, 3.8) is 0 Å². The highest BCUT2D eigenvalue weighted by Gasteiger charge is 2.24. The van der Waals surface area contributed by atoms with Gasteiger partial charge in [0, 0.05) is 10.6 Å². The van der Waals surface area contributed by atoms with Crippen molar-refractivity contribution in [2.75, 3.05) is 0 Å². The molecule has 2 aromatic rings. The monoisotopic (exact) mass is 315 g/mol. The van der Waals surface area contributed by atoms with Crippen LogP contribution in [0.1, 0.15) is 5.56 Å². The molecule has 3 rings (SSSR count). The molecule has 1 aliphatic rings. The van der Waals surface area contributed by atoms with Crippen LogP contribution in [0.5, 0.6) is 0 Å². The normalized spacial score (nSPS) is 16.3. The lowest BCUT2D eigenvalue weighted by atomic mass is 10.0. The number of nitrogens with one attached hydrogen (secondary N) is 1. The lowest BCUT2D eigenvalue weighted by molar-refractivity contribution is -0.115. The predicted octanol–water partition coefficient (Wildman–Crippen LogP) is 4.33. The average molecular weight is 316 g/mol. The minimum atomic E-state index is -0.347. The molecule has 0 aromatic heterocycles. The summed E-state index contributed by atoms with van der Waals surface area (Å²) in [5.74, 6) is -0.347. The molecule has 1 saturated heterocycles. The summed E-state index contributed by atoms with van der Waals surface area (Å²) in [6.45, 7) is 0. The van der Waals surface area contributed by atoms with Crippen molar-refractivity contribution in [2.45, 2.75) is 0 Å². The molecule has 21 heavy (non-hydrogen) atoms. The number of amides is 2. The van der Waals surface area contributed by atoms with Crippen LogP contribution in [0, 0.1) is 0 Å². The van der Waals surface area contributed by atoms with Gasteiger partial charge in [0.25, 0.3) is 11.1 Å². The van der Waals surface area contributed by atoms with E-state index in [0.717, 1.165) is 28.5 Å². The smallest absolute Gasteiger partial charge is 0.282 e. The van der Waals surface area contributed by atoms with Gasteiger partial charge in [0.05, 0.1) is 4.91 Å². The lowest BCUT2D eigenvalue weighted by Gasteiger charge is -2.04. The Morgan fingerprint density at radius 2 is 1.71 bits per heavy atom. The third-order valence-electron chi connectivity index (χ3n) is 3.04. The number of carbonyl (C=O) groups excluding carboxylic acids is 2. The number of imide groups is 1. The van der Waals surface area contributed by atoms with E-state index in [-0.39, 0.29) is 11.1 Å². The molecule has 104 valence electrons. The zero-order chi connectivity index (χ0) is 14.8. The second-order valence-electron chi connectivity index (χ2n) is 4.45. The SMILES string of the molecule is O=C1NC(=O)/C(=C/c2ccc(-c3ccccc3Cl)cc2)S1. The Labute approximate surface area is 131 Å². The summed E-state index contributed by atoms with van der Waals surface area (Å²) in [5.41, 5.74) is 2.82. The Bertz CT molecular complexity index is 753. The number of hydrogen-bond acceptors (Lipinski definition) is 3. The summed E-state index contributed by atoms with van der Waals surface area (Å²) in [4.78, 5) is 23.0. The second kappa shape index (κ2) is 5.76. The predicted molar refractivity (Wildman–Crippen MR) is 86.0 cm³/mol. The molecule has 1 heterocycles. The Balaban J connectivity index is 1.89. The van der Waals surface area contributed by atoms with Gasteiger partial charge in [-0.05, 0) is 35.0 Å². The van der Waals surface area contributed by atoms with Gasteiger partial charge >= 0.3 is 0 Å². The number of carbonyl (C=O) groups is 2. The Morgan fingerprint density at radius 3 is 2.33 bits per heavy atom. The van der Waals surface area contributed by atoms with Gasteiger partial charge in [-0.15, -0.1) is 0 Å². The minimum absolute atomic E-state index is 0.334. The van der Waals surface area contributed by atoms with Crippen LogP contribution in [0.3, 0.4) is 0 Å². The summed E-state index contributed by atoms with van der Waals surface area (Å²) < 4.78 is 0. The van der Waals surface area contributed by atoms with Crippen molar-refractivity contribution >= 4 is 40.6 Å². The first-order valence-corrected chi connectivity index (χ1v) is 7.43. The van der Waals surface area contributed by atoms with Crippen LogP contribution in [0.15, 0.2) is 53.4 Å². The molecule has 0 atom stereocenters. The molecule has 0 spiro atoms. The van der Waals surface area contributed by atoms with E-state index in [1.807, 2.05) is 48.5 Å². The molecular weight excluding hydrogens is 306 g/mol. The van der Waals surface area contributed by atoms with E-state index in [2.05, 4.69) is 5.32 Å². The molecule has 0 bridgehead atoms. The first kappa shape index (κ1) is 13.9. The maximum atomic E-state index is 11.5. The fourth-order valence-electron chi connectivity index (χ4n) is 2.03. The molecule has 5 heteroatoms. The Kier molecular flexibility index (Phi) is 3.82. The van der Waals surface area contributed by atoms with E-state index in [4.69, 9.17) is 11.6 Å². The second-order valence-corrected chi connectivity index (χ2v) is 5.88. The van der Waals surface area contributed by atoms with Crippen molar-refractivity contribution in [3.8, 4) is 11.1 Å². The van der Waals surface area contributed by atoms with Crippen LogP contribution in [-0.4, -0.2) is 11.1 Å². The van der Waals surface area contributed by atoms with Crippen LogP contribution in [0.25, 0.3) is 17.2 Å². The largest absolute Gasteiger partial charge is 0.290 e. The first-order chi connectivity index (χ1) is 10.1. The average Bonchev–Trinajstić information content (AvgIpc) is 2.78. The highest BCUT2D eigenvalue weighted by Crippen LogP contribution is 2.29. The highest BCUT2D eigenvalue weighted by atomic mass is 35.5. The number of thioether (sulfide) groups is 1. The zero-order valence-electron chi connectivity index (χ0n) is 10.8. The minimum Gasteiger partial charge on any atom is -0.282 e. The Hall–Kier alpha value is -2.04. The Morgan fingerprint density at radius 1 is 1.00 bits per heavy atom. The van der Waals surface area contributed by atoms with Crippen molar-refractivity contribution in [1.29, 1.82) is 0 Å². The third kappa shape index (κ3) is 3.01. The highest BCUT2D eigenvalue weighted by molar-refractivity contribution is 8.18. The van der Waals surface area contributed by atoms with Gasteiger partial charge in [0.15, 0.2) is 0 Å². The van der Waals surface area contributed by atoms with Crippen molar-refractivity contribution < 1.29 is 9.59 Å². The van der Waals surface area contributed by atoms with Gasteiger partial charge in [0.1, 0.15) is 0 Å². The number of rotatable bonds is 2. The van der Waals surface area contributed by atoms with Crippen LogP contribution in [-0.2, 0) is 4.79 Å². The molecule has 0 saturated carbocycles. The van der Waals surface area contributed by atoms with Gasteiger partial charge in [-0.2, -0.15) is 0 Å². The molecule has 1 fully saturated rings. The number of benzene rings is 2. The number of hydrogen-bond donors (Lipinski definition) is 1. The van der Waals surface area contributed by atoms with Crippen LogP contribution in [0.4, 0.5) is 4.79 Å². The maximum absolute atomic E-state index is 11.5. The maximum Gasteiger partial charge on any atom is 0.290 e. The quantitative estimate of drug-likeness (QED) is 0.839. The fraction of sp³-hybridized carbons (Fsp3) is 0. The molecule has 2 aromatic carbocycles. The fourth-order valence-corrected chi connectivity index (χ4v) is 2.95. The van der Waals surface area contributed by atoms with Gasteiger partial charge in [-0.1, -0.05) is 54.1 Å².